The summed E-state index contributed by atoms with van der Waals surface area (Å²) in [4.78, 5) is 29.4. The van der Waals surface area contributed by atoms with Gasteiger partial charge in [0, 0.05) is 73.0 Å². The lowest BCUT2D eigenvalue weighted by Gasteiger charge is -2.59. The van der Waals surface area contributed by atoms with Crippen molar-refractivity contribution < 1.29 is 13.9 Å². The van der Waals surface area contributed by atoms with Gasteiger partial charge in [0.05, 0.1) is 5.69 Å². The van der Waals surface area contributed by atoms with Gasteiger partial charge in [-0.15, -0.1) is 0 Å². The summed E-state index contributed by atoms with van der Waals surface area (Å²) in [6, 6.07) is 6.63. The minimum absolute atomic E-state index is 0.203. The Labute approximate surface area is 228 Å². The topological polar surface area (TPSA) is 83.5 Å². The van der Waals surface area contributed by atoms with Gasteiger partial charge in [-0.1, -0.05) is 6.07 Å². The molecule has 1 saturated heterocycles. The van der Waals surface area contributed by atoms with E-state index in [4.69, 9.17) is 4.74 Å². The molecule has 9 heteroatoms. The smallest absolute Gasteiger partial charge is 0.150 e. The Bertz CT molecular complexity index is 1350. The summed E-state index contributed by atoms with van der Waals surface area (Å²) >= 11 is 0. The van der Waals surface area contributed by atoms with Crippen molar-refractivity contribution in [3.8, 4) is 5.75 Å². The second-order valence-electron chi connectivity index (χ2n) is 11.5. The molecule has 0 radical (unpaired) electrons. The lowest BCUT2D eigenvalue weighted by molar-refractivity contribution is -0.0351. The third kappa shape index (κ3) is 5.25. The molecular weight excluding hydrogens is 495 g/mol. The van der Waals surface area contributed by atoms with Crippen LogP contribution in [-0.4, -0.2) is 72.5 Å². The first kappa shape index (κ1) is 25.8. The van der Waals surface area contributed by atoms with Crippen LogP contribution in [0.3, 0.4) is 0 Å². The van der Waals surface area contributed by atoms with E-state index >= 15 is 0 Å². The number of rotatable bonds is 9. The van der Waals surface area contributed by atoms with E-state index in [1.54, 1.807) is 18.6 Å². The molecule has 39 heavy (non-hydrogen) atoms. The zero-order valence-electron chi connectivity index (χ0n) is 22.6. The molecule has 2 aliphatic heterocycles. The fraction of sp³-hybridized carbons (Fsp3) is 0.467. The average Bonchev–Trinajstić information content (AvgIpc) is 2.89. The second-order valence-corrected chi connectivity index (χ2v) is 11.5. The fourth-order valence-corrected chi connectivity index (χ4v) is 6.42. The van der Waals surface area contributed by atoms with Crippen LogP contribution in [0.25, 0.3) is 0 Å². The van der Waals surface area contributed by atoms with E-state index < -0.39 is 5.82 Å². The second kappa shape index (κ2) is 10.6. The molecule has 6 rings (SSSR count). The van der Waals surface area contributed by atoms with Crippen LogP contribution in [0, 0.1) is 11.2 Å². The first-order valence-corrected chi connectivity index (χ1v) is 13.7. The lowest BCUT2D eigenvalue weighted by Crippen LogP contribution is -2.65. The summed E-state index contributed by atoms with van der Waals surface area (Å²) in [5.74, 6) is 1.46. The molecule has 0 bridgehead atoms. The van der Waals surface area contributed by atoms with Gasteiger partial charge in [-0.2, -0.15) is 0 Å². The summed E-state index contributed by atoms with van der Waals surface area (Å²) in [6.45, 7) is 3.80. The van der Waals surface area contributed by atoms with Crippen molar-refractivity contribution in [1.82, 2.24) is 25.2 Å². The summed E-state index contributed by atoms with van der Waals surface area (Å²) in [7, 11) is 4.21. The number of nitrogens with zero attached hydrogens (tertiary/aromatic N) is 5. The minimum atomic E-state index is -0.413. The quantitative estimate of drug-likeness (QED) is 0.420. The zero-order valence-corrected chi connectivity index (χ0v) is 22.6. The van der Waals surface area contributed by atoms with Crippen LogP contribution in [0.4, 0.5) is 10.2 Å². The molecule has 1 aromatic carbocycles. The zero-order chi connectivity index (χ0) is 27.0. The fourth-order valence-electron chi connectivity index (χ4n) is 6.42. The molecule has 3 aromatic rings. The molecule has 204 valence electrons. The number of fused-ring (bicyclic) bond motifs is 1. The predicted octanol–water partition coefficient (Wildman–Crippen LogP) is 3.60. The van der Waals surface area contributed by atoms with E-state index in [9.17, 15) is 9.18 Å². The van der Waals surface area contributed by atoms with Crippen LogP contribution in [0.1, 0.15) is 58.0 Å². The molecular formula is C30H35FN6O2. The van der Waals surface area contributed by atoms with Gasteiger partial charge in [-0.25, -0.2) is 14.4 Å². The molecule has 3 aliphatic rings. The van der Waals surface area contributed by atoms with Crippen molar-refractivity contribution in [2.75, 3.05) is 45.2 Å². The summed E-state index contributed by atoms with van der Waals surface area (Å²) < 4.78 is 20.2. The Morgan fingerprint density at radius 2 is 2.05 bits per heavy atom. The molecule has 2 aromatic heterocycles. The van der Waals surface area contributed by atoms with E-state index in [1.807, 2.05) is 12.3 Å². The monoisotopic (exact) mass is 530 g/mol. The van der Waals surface area contributed by atoms with Gasteiger partial charge < -0.3 is 19.9 Å². The first-order chi connectivity index (χ1) is 18.9. The molecule has 2 fully saturated rings. The highest BCUT2D eigenvalue weighted by atomic mass is 19.1. The Morgan fingerprint density at radius 3 is 2.85 bits per heavy atom. The van der Waals surface area contributed by atoms with E-state index in [2.05, 4.69) is 44.2 Å². The Kier molecular flexibility index (Phi) is 7.03. The van der Waals surface area contributed by atoms with Crippen LogP contribution in [0.5, 0.6) is 5.75 Å². The van der Waals surface area contributed by atoms with E-state index in [-0.39, 0.29) is 17.6 Å². The molecule has 8 nitrogen and oxygen atoms in total. The summed E-state index contributed by atoms with van der Waals surface area (Å²) in [5, 5.41) is 3.67. The number of carbonyl (C=O) groups excluding carboxylic acids is 1. The number of hydrogen-bond acceptors (Lipinski definition) is 8. The maximum atomic E-state index is 13.6. The van der Waals surface area contributed by atoms with Crippen LogP contribution in [0.2, 0.25) is 0 Å². The summed E-state index contributed by atoms with van der Waals surface area (Å²) in [6.07, 6.45) is 10.6. The number of ether oxygens (including phenoxy) is 1. The van der Waals surface area contributed by atoms with Gasteiger partial charge in [0.15, 0.2) is 0 Å². The lowest BCUT2D eigenvalue weighted by atomic mass is 9.61. The number of halogens is 1. The number of hydrogen-bond donors (Lipinski definition) is 1. The Balaban J connectivity index is 1.09. The van der Waals surface area contributed by atoms with Crippen LogP contribution >= 0.6 is 0 Å². The van der Waals surface area contributed by atoms with Crippen molar-refractivity contribution in [3.63, 3.8) is 0 Å². The van der Waals surface area contributed by atoms with Gasteiger partial charge in [-0.05, 0) is 63.7 Å². The number of carbonyl (C=O) groups is 1. The van der Waals surface area contributed by atoms with Gasteiger partial charge >= 0.3 is 0 Å². The SMILES string of the molecule is CN(C)CCC1NCCc2nccc(OC3CC4(C3)CN(c3ncncc3Cc3ccc(F)cc3C=O)C4)c21. The molecule has 0 amide bonds. The largest absolute Gasteiger partial charge is 0.490 e. The van der Waals surface area contributed by atoms with Crippen LogP contribution < -0.4 is 15.0 Å². The first-order valence-electron chi connectivity index (χ1n) is 13.7. The van der Waals surface area contributed by atoms with Gasteiger partial charge in [0.2, 0.25) is 0 Å². The normalized spacial score (nSPS) is 19.9. The van der Waals surface area contributed by atoms with Crippen molar-refractivity contribution >= 4 is 12.1 Å². The standard InChI is InChI=1S/C30H35FN6O2/c1-36(2)10-7-26-28-25(5-8-33-26)34-9-6-27(28)39-24-13-30(14-24)17-37(18-30)29-21(15-32-19-35-29)11-20-3-4-23(31)12-22(20)16-38/h3-4,6,9,12,15-16,19,24,26,33H,5,7-8,10-11,13-14,17-18H2,1-2H3. The molecule has 4 heterocycles. The highest BCUT2D eigenvalue weighted by Crippen LogP contribution is 2.51. The molecule has 1 spiro atoms. The molecule has 1 unspecified atom stereocenters. The molecule has 1 N–H and O–H groups in total. The number of benzene rings is 1. The Hall–Kier alpha value is -3.43. The number of nitrogens with one attached hydrogen (secondary N) is 1. The van der Waals surface area contributed by atoms with Gasteiger partial charge in [0.1, 0.15) is 36.1 Å². The third-order valence-electron chi connectivity index (χ3n) is 8.35. The molecule has 1 atom stereocenters. The highest BCUT2D eigenvalue weighted by molar-refractivity contribution is 5.77. The number of aldehydes is 1. The van der Waals surface area contributed by atoms with E-state index in [0.717, 1.165) is 80.3 Å². The maximum Gasteiger partial charge on any atom is 0.150 e. The Morgan fingerprint density at radius 1 is 1.21 bits per heavy atom. The molecule has 1 saturated carbocycles. The number of pyridine rings is 1. The van der Waals surface area contributed by atoms with Crippen molar-refractivity contribution in [2.45, 2.75) is 44.2 Å². The molecule has 1 aliphatic carbocycles. The van der Waals surface area contributed by atoms with Crippen LogP contribution in [-0.2, 0) is 12.8 Å². The minimum Gasteiger partial charge on any atom is -0.490 e. The van der Waals surface area contributed by atoms with Crippen molar-refractivity contribution in [1.29, 1.82) is 0 Å². The number of anilines is 1. The van der Waals surface area contributed by atoms with E-state index in [1.165, 1.54) is 17.7 Å². The maximum absolute atomic E-state index is 13.6. The third-order valence-corrected chi connectivity index (χ3v) is 8.35. The predicted molar refractivity (Wildman–Crippen MR) is 147 cm³/mol. The van der Waals surface area contributed by atoms with Crippen molar-refractivity contribution in [2.24, 2.45) is 5.41 Å². The van der Waals surface area contributed by atoms with E-state index in [0.29, 0.717) is 18.3 Å². The number of aromatic nitrogens is 3. The summed E-state index contributed by atoms with van der Waals surface area (Å²) in [5.41, 5.74) is 4.72. The van der Waals surface area contributed by atoms with Crippen molar-refractivity contribution in [3.05, 3.63) is 76.8 Å². The average molecular weight is 531 g/mol. The van der Waals surface area contributed by atoms with Gasteiger partial charge in [-0.3, -0.25) is 9.78 Å². The van der Waals surface area contributed by atoms with Gasteiger partial charge in [0.25, 0.3) is 0 Å². The van der Waals surface area contributed by atoms with Crippen LogP contribution in [0.15, 0.2) is 43.0 Å². The highest BCUT2D eigenvalue weighted by Gasteiger charge is 2.54.